The van der Waals surface area contributed by atoms with Crippen molar-refractivity contribution >= 4 is 5.91 Å². The second-order valence-corrected chi connectivity index (χ2v) is 8.61. The summed E-state index contributed by atoms with van der Waals surface area (Å²) in [4.78, 5) is 15.4. The molecule has 4 heterocycles. The zero-order valence-electron chi connectivity index (χ0n) is 17.8. The molecule has 0 spiro atoms. The average molecular weight is 455 g/mol. The predicted octanol–water partition coefficient (Wildman–Crippen LogP) is 4.18. The van der Waals surface area contributed by atoms with Gasteiger partial charge in [-0.15, -0.1) is 0 Å². The first-order chi connectivity index (χ1) is 15.9. The van der Waals surface area contributed by atoms with Crippen LogP contribution in [0, 0.1) is 17.5 Å². The second kappa shape index (κ2) is 7.26. The molecule has 2 aromatic carbocycles. The van der Waals surface area contributed by atoms with Crippen LogP contribution in [0.1, 0.15) is 40.5 Å². The summed E-state index contributed by atoms with van der Waals surface area (Å²) in [7, 11) is 1.69. The van der Waals surface area contributed by atoms with Gasteiger partial charge in [0.1, 0.15) is 13.2 Å². The molecule has 170 valence electrons. The van der Waals surface area contributed by atoms with Crippen LogP contribution >= 0.6 is 0 Å². The lowest BCUT2D eigenvalue weighted by Crippen LogP contribution is -2.42. The summed E-state index contributed by atoms with van der Waals surface area (Å²) < 4.78 is 54.1. The first kappa shape index (κ1) is 20.1. The van der Waals surface area contributed by atoms with Gasteiger partial charge in [0, 0.05) is 29.8 Å². The highest BCUT2D eigenvalue weighted by Gasteiger charge is 2.46. The van der Waals surface area contributed by atoms with Crippen molar-refractivity contribution in [3.8, 4) is 22.8 Å². The number of carbonyl (C=O) groups is 1. The number of hydrogen-bond donors (Lipinski definition) is 0. The Morgan fingerprint density at radius 2 is 1.76 bits per heavy atom. The van der Waals surface area contributed by atoms with Crippen LogP contribution in [0.15, 0.2) is 30.3 Å². The fourth-order valence-electron chi connectivity index (χ4n) is 5.33. The molecule has 6 nitrogen and oxygen atoms in total. The van der Waals surface area contributed by atoms with Gasteiger partial charge in [-0.25, -0.2) is 13.2 Å². The first-order valence-electron chi connectivity index (χ1n) is 10.9. The van der Waals surface area contributed by atoms with Crippen molar-refractivity contribution in [3.63, 3.8) is 0 Å². The van der Waals surface area contributed by atoms with E-state index in [4.69, 9.17) is 9.47 Å². The zero-order chi connectivity index (χ0) is 22.9. The minimum absolute atomic E-state index is 0.0682. The molecule has 6 rings (SSSR count). The van der Waals surface area contributed by atoms with E-state index in [-0.39, 0.29) is 23.6 Å². The molecule has 3 aliphatic rings. The van der Waals surface area contributed by atoms with Crippen LogP contribution < -0.4 is 9.47 Å². The highest BCUT2D eigenvalue weighted by Crippen LogP contribution is 2.47. The molecule has 2 atom stereocenters. The first-order valence-corrected chi connectivity index (χ1v) is 10.9. The summed E-state index contributed by atoms with van der Waals surface area (Å²) in [6.07, 6.45) is 2.05. The molecule has 1 amide bonds. The van der Waals surface area contributed by atoms with Crippen molar-refractivity contribution < 1.29 is 27.4 Å². The summed E-state index contributed by atoms with van der Waals surface area (Å²) >= 11 is 0. The smallest absolute Gasteiger partial charge is 0.254 e. The predicted molar refractivity (Wildman–Crippen MR) is 112 cm³/mol. The molecule has 2 bridgehead atoms. The number of halogens is 3. The lowest BCUT2D eigenvalue weighted by Gasteiger charge is -2.34. The number of hydrogen-bond acceptors (Lipinski definition) is 4. The number of aromatic nitrogens is 2. The fraction of sp³-hybridized carbons (Fsp3) is 0.333. The second-order valence-electron chi connectivity index (χ2n) is 8.61. The van der Waals surface area contributed by atoms with Gasteiger partial charge >= 0.3 is 0 Å². The van der Waals surface area contributed by atoms with Gasteiger partial charge in [0.2, 0.25) is 0 Å². The fourth-order valence-corrected chi connectivity index (χ4v) is 5.33. The maximum absolute atomic E-state index is 13.9. The Bertz CT molecular complexity index is 1280. The Hall–Kier alpha value is -3.49. The average Bonchev–Trinajstić information content (AvgIpc) is 3.32. The molecule has 1 aromatic heterocycles. The van der Waals surface area contributed by atoms with E-state index in [2.05, 4.69) is 5.10 Å². The molecule has 0 saturated carbocycles. The van der Waals surface area contributed by atoms with Crippen LogP contribution in [-0.2, 0) is 13.5 Å². The maximum Gasteiger partial charge on any atom is 0.254 e. The third-order valence-corrected chi connectivity index (χ3v) is 6.72. The van der Waals surface area contributed by atoms with E-state index in [0.717, 1.165) is 36.2 Å². The maximum atomic E-state index is 13.9. The SMILES string of the molecule is Cn1nc2c(c1-c1cc(F)c(F)c(F)c1)CC1CCC2N1C(=O)c1ccc2c(c1)OCCO2. The molecule has 3 aromatic rings. The normalized spacial score (nSPS) is 20.7. The van der Waals surface area contributed by atoms with Gasteiger partial charge in [-0.3, -0.25) is 9.48 Å². The molecule has 3 aliphatic heterocycles. The summed E-state index contributed by atoms with van der Waals surface area (Å²) in [5, 5.41) is 4.62. The number of amides is 1. The molecule has 0 aliphatic carbocycles. The molecule has 1 fully saturated rings. The van der Waals surface area contributed by atoms with E-state index in [1.54, 1.807) is 29.9 Å². The summed E-state index contributed by atoms with van der Waals surface area (Å²) in [5.41, 5.74) is 2.86. The summed E-state index contributed by atoms with van der Waals surface area (Å²) in [6.45, 7) is 0.910. The van der Waals surface area contributed by atoms with Gasteiger partial charge in [-0.1, -0.05) is 0 Å². The van der Waals surface area contributed by atoms with E-state index in [9.17, 15) is 18.0 Å². The highest BCUT2D eigenvalue weighted by atomic mass is 19.2. The highest BCUT2D eigenvalue weighted by molar-refractivity contribution is 5.96. The zero-order valence-corrected chi connectivity index (χ0v) is 17.8. The van der Waals surface area contributed by atoms with E-state index in [1.165, 1.54) is 0 Å². The lowest BCUT2D eigenvalue weighted by atomic mass is 9.94. The van der Waals surface area contributed by atoms with Crippen molar-refractivity contribution in [2.24, 2.45) is 7.05 Å². The molecule has 2 unspecified atom stereocenters. The third kappa shape index (κ3) is 3.02. The Morgan fingerprint density at radius 1 is 1.03 bits per heavy atom. The largest absolute Gasteiger partial charge is 0.486 e. The van der Waals surface area contributed by atoms with E-state index in [1.807, 2.05) is 4.90 Å². The Labute approximate surface area is 187 Å². The van der Waals surface area contributed by atoms with Crippen LogP contribution in [0.25, 0.3) is 11.3 Å². The van der Waals surface area contributed by atoms with Crippen LogP contribution in [-0.4, -0.2) is 39.8 Å². The molecular formula is C24H20F3N3O3. The van der Waals surface area contributed by atoms with E-state index in [0.29, 0.717) is 42.4 Å². The number of carbonyl (C=O) groups excluding carboxylic acids is 1. The number of nitrogens with zero attached hydrogens (tertiary/aromatic N) is 3. The van der Waals surface area contributed by atoms with Gasteiger partial charge < -0.3 is 14.4 Å². The van der Waals surface area contributed by atoms with Gasteiger partial charge in [-0.05, 0) is 49.6 Å². The van der Waals surface area contributed by atoms with Crippen molar-refractivity contribution in [1.82, 2.24) is 14.7 Å². The molecule has 33 heavy (non-hydrogen) atoms. The quantitative estimate of drug-likeness (QED) is 0.544. The van der Waals surface area contributed by atoms with Crippen LogP contribution in [0.3, 0.4) is 0 Å². The Balaban J connectivity index is 1.38. The molecule has 0 radical (unpaired) electrons. The third-order valence-electron chi connectivity index (χ3n) is 6.72. The molecule has 9 heteroatoms. The summed E-state index contributed by atoms with van der Waals surface area (Å²) in [6, 6.07) is 6.86. The minimum atomic E-state index is -1.49. The molecule has 1 saturated heterocycles. The van der Waals surface area contributed by atoms with E-state index < -0.39 is 17.5 Å². The standard InChI is InChI=1S/C24H20F3N3O3/c1-29-23(13-8-16(25)21(27)17(26)9-13)15-11-14-3-4-18(22(15)28-29)30(14)24(31)12-2-5-19-20(10-12)33-7-6-32-19/h2,5,8-10,14,18H,3-4,6-7,11H2,1H3. The Kier molecular flexibility index (Phi) is 4.43. The van der Waals surface area contributed by atoms with Gasteiger partial charge in [0.15, 0.2) is 29.0 Å². The van der Waals surface area contributed by atoms with Crippen LogP contribution in [0.5, 0.6) is 11.5 Å². The monoisotopic (exact) mass is 455 g/mol. The number of aryl methyl sites for hydroxylation is 1. The van der Waals surface area contributed by atoms with Crippen molar-refractivity contribution in [2.75, 3.05) is 13.2 Å². The number of ether oxygens (including phenoxy) is 2. The Morgan fingerprint density at radius 3 is 2.52 bits per heavy atom. The van der Waals surface area contributed by atoms with E-state index >= 15 is 0 Å². The van der Waals surface area contributed by atoms with Gasteiger partial charge in [0.05, 0.1) is 17.4 Å². The topological polar surface area (TPSA) is 56.6 Å². The lowest BCUT2D eigenvalue weighted by molar-refractivity contribution is 0.0641. The number of fused-ring (bicyclic) bond motifs is 5. The van der Waals surface area contributed by atoms with Crippen molar-refractivity contribution in [2.45, 2.75) is 31.3 Å². The van der Waals surface area contributed by atoms with Gasteiger partial charge in [-0.2, -0.15) is 5.10 Å². The van der Waals surface area contributed by atoms with Gasteiger partial charge in [0.25, 0.3) is 5.91 Å². The summed E-state index contributed by atoms with van der Waals surface area (Å²) in [5.74, 6) is -2.92. The minimum Gasteiger partial charge on any atom is -0.486 e. The number of benzene rings is 2. The van der Waals surface area contributed by atoms with Crippen LogP contribution in [0.4, 0.5) is 13.2 Å². The molecule has 0 N–H and O–H groups in total. The number of rotatable bonds is 2. The van der Waals surface area contributed by atoms with Crippen molar-refractivity contribution in [3.05, 3.63) is 64.6 Å². The van der Waals surface area contributed by atoms with Crippen molar-refractivity contribution in [1.29, 1.82) is 0 Å². The van der Waals surface area contributed by atoms with Crippen LogP contribution in [0.2, 0.25) is 0 Å². The molecular weight excluding hydrogens is 435 g/mol.